The molecule has 37 heavy (non-hydrogen) atoms. The molecule has 0 fully saturated rings. The van der Waals surface area contributed by atoms with Crippen LogP contribution in [0.5, 0.6) is 17.2 Å². The third-order valence-electron chi connectivity index (χ3n) is 5.58. The van der Waals surface area contributed by atoms with E-state index in [0.717, 1.165) is 16.7 Å². The van der Waals surface area contributed by atoms with Crippen molar-refractivity contribution >= 4 is 17.8 Å². The number of guanidine groups is 1. The predicted octanol–water partition coefficient (Wildman–Crippen LogP) is 2.61. The van der Waals surface area contributed by atoms with Gasteiger partial charge in [0, 0.05) is 13.0 Å². The van der Waals surface area contributed by atoms with E-state index >= 15 is 0 Å². The highest BCUT2D eigenvalue weighted by Gasteiger charge is 2.19. The Labute approximate surface area is 216 Å². The summed E-state index contributed by atoms with van der Waals surface area (Å²) in [6, 6.07) is 21.2. The fraction of sp³-hybridized carbons (Fsp3) is 0.250. The number of rotatable bonds is 11. The highest BCUT2D eigenvalue weighted by molar-refractivity contribution is 5.98. The minimum atomic E-state index is -0.844. The van der Waals surface area contributed by atoms with E-state index in [2.05, 4.69) is 15.6 Å². The Morgan fingerprint density at radius 3 is 2.16 bits per heavy atom. The molecule has 194 valence electrons. The summed E-state index contributed by atoms with van der Waals surface area (Å²) >= 11 is 0. The van der Waals surface area contributed by atoms with Crippen LogP contribution >= 0.6 is 0 Å². The molecular formula is C28H32N4O5. The molecule has 0 saturated carbocycles. The van der Waals surface area contributed by atoms with Crippen LogP contribution in [-0.4, -0.2) is 45.1 Å². The predicted molar refractivity (Wildman–Crippen MR) is 142 cm³/mol. The number of nitrogens with zero attached hydrogens (tertiary/aromatic N) is 1. The van der Waals surface area contributed by atoms with Crippen molar-refractivity contribution in [1.29, 1.82) is 0 Å². The van der Waals surface area contributed by atoms with Gasteiger partial charge >= 0.3 is 0 Å². The van der Waals surface area contributed by atoms with Crippen molar-refractivity contribution in [1.82, 2.24) is 10.6 Å². The molecule has 0 saturated heterocycles. The Kier molecular flexibility index (Phi) is 9.90. The van der Waals surface area contributed by atoms with E-state index in [1.54, 1.807) is 57.7 Å². The van der Waals surface area contributed by atoms with Crippen molar-refractivity contribution in [3.8, 4) is 17.2 Å². The van der Waals surface area contributed by atoms with Crippen LogP contribution < -0.4 is 30.6 Å². The van der Waals surface area contributed by atoms with Gasteiger partial charge in [-0.3, -0.25) is 14.9 Å². The molecule has 2 amide bonds. The van der Waals surface area contributed by atoms with Gasteiger partial charge in [-0.05, 0) is 41.0 Å². The number of benzene rings is 3. The summed E-state index contributed by atoms with van der Waals surface area (Å²) in [6.07, 6.45) is 0.419. The third kappa shape index (κ3) is 8.28. The zero-order chi connectivity index (χ0) is 26.6. The standard InChI is InChI=1S/C28H32N4O5/c1-35-22-12-9-20(10-13-22)17-26(33)32-28(29)31-23(15-19-7-5-4-6-8-19)27(34)30-18-21-11-14-24(36-2)25(16-21)37-3/h4-14,16,23H,15,17-18H2,1-3H3,(H,30,34)(H3,29,31,32,33). The molecule has 1 unspecified atom stereocenters. The SMILES string of the molecule is COc1ccc(CC(=O)NC(N)=NC(Cc2ccccc2)C(=O)NCc2ccc(OC)c(OC)c2)cc1. The van der Waals surface area contributed by atoms with E-state index in [-0.39, 0.29) is 30.7 Å². The molecule has 0 radical (unpaired) electrons. The Morgan fingerprint density at radius 1 is 0.838 bits per heavy atom. The highest BCUT2D eigenvalue weighted by atomic mass is 16.5. The first-order valence-corrected chi connectivity index (χ1v) is 11.7. The molecule has 0 aromatic heterocycles. The summed E-state index contributed by atoms with van der Waals surface area (Å²) in [5.74, 6) is 1.08. The van der Waals surface area contributed by atoms with Gasteiger partial charge in [-0.1, -0.05) is 48.5 Å². The van der Waals surface area contributed by atoms with Crippen molar-refractivity contribution in [2.45, 2.75) is 25.4 Å². The number of nitrogens with two attached hydrogens (primary N) is 1. The fourth-order valence-electron chi connectivity index (χ4n) is 3.65. The van der Waals surface area contributed by atoms with Gasteiger partial charge in [0.25, 0.3) is 0 Å². The number of carbonyl (C=O) groups excluding carboxylic acids is 2. The smallest absolute Gasteiger partial charge is 0.245 e. The van der Waals surface area contributed by atoms with E-state index in [9.17, 15) is 9.59 Å². The third-order valence-corrected chi connectivity index (χ3v) is 5.58. The van der Waals surface area contributed by atoms with Crippen LogP contribution in [0.3, 0.4) is 0 Å². The molecule has 9 nitrogen and oxygen atoms in total. The van der Waals surface area contributed by atoms with Gasteiger partial charge in [0.2, 0.25) is 11.8 Å². The van der Waals surface area contributed by atoms with Gasteiger partial charge in [0.15, 0.2) is 17.5 Å². The maximum atomic E-state index is 13.1. The number of methoxy groups -OCH3 is 3. The number of ether oxygens (including phenoxy) is 3. The zero-order valence-corrected chi connectivity index (χ0v) is 21.2. The monoisotopic (exact) mass is 504 g/mol. The van der Waals surface area contributed by atoms with Gasteiger partial charge in [0.1, 0.15) is 11.8 Å². The molecule has 0 aliphatic carbocycles. The van der Waals surface area contributed by atoms with E-state index < -0.39 is 6.04 Å². The van der Waals surface area contributed by atoms with Crippen molar-refractivity contribution in [2.75, 3.05) is 21.3 Å². The van der Waals surface area contributed by atoms with Crippen molar-refractivity contribution < 1.29 is 23.8 Å². The topological polar surface area (TPSA) is 124 Å². The summed E-state index contributed by atoms with van der Waals surface area (Å²) in [5.41, 5.74) is 8.56. The molecular weight excluding hydrogens is 472 g/mol. The van der Waals surface area contributed by atoms with E-state index in [1.165, 1.54) is 0 Å². The van der Waals surface area contributed by atoms with Crippen LogP contribution in [0.25, 0.3) is 0 Å². The second-order valence-corrected chi connectivity index (χ2v) is 8.20. The lowest BCUT2D eigenvalue weighted by molar-refractivity contribution is -0.122. The van der Waals surface area contributed by atoms with Gasteiger partial charge in [-0.2, -0.15) is 0 Å². The average Bonchev–Trinajstić information content (AvgIpc) is 2.92. The van der Waals surface area contributed by atoms with Gasteiger partial charge < -0.3 is 25.3 Å². The molecule has 0 spiro atoms. The van der Waals surface area contributed by atoms with E-state index in [0.29, 0.717) is 23.7 Å². The lowest BCUT2D eigenvalue weighted by atomic mass is 10.1. The number of amides is 2. The summed E-state index contributed by atoms with van der Waals surface area (Å²) in [4.78, 5) is 29.9. The number of nitrogens with one attached hydrogen (secondary N) is 2. The van der Waals surface area contributed by atoms with Crippen LogP contribution in [0.1, 0.15) is 16.7 Å². The number of aliphatic imine (C=N–C) groups is 1. The Balaban J connectivity index is 1.68. The van der Waals surface area contributed by atoms with Crippen molar-refractivity contribution in [2.24, 2.45) is 10.7 Å². The minimum Gasteiger partial charge on any atom is -0.497 e. The summed E-state index contributed by atoms with van der Waals surface area (Å²) in [5, 5.41) is 5.47. The van der Waals surface area contributed by atoms with Crippen LogP contribution in [0.2, 0.25) is 0 Å². The molecule has 0 aliphatic heterocycles. The largest absolute Gasteiger partial charge is 0.497 e. The summed E-state index contributed by atoms with van der Waals surface area (Å²) in [6.45, 7) is 0.254. The van der Waals surface area contributed by atoms with Crippen molar-refractivity contribution in [3.63, 3.8) is 0 Å². The lowest BCUT2D eigenvalue weighted by Crippen LogP contribution is -2.42. The summed E-state index contributed by atoms with van der Waals surface area (Å²) in [7, 11) is 4.69. The molecule has 0 aliphatic rings. The van der Waals surface area contributed by atoms with E-state index in [4.69, 9.17) is 19.9 Å². The van der Waals surface area contributed by atoms with Gasteiger partial charge in [-0.15, -0.1) is 0 Å². The Hall–Kier alpha value is -4.53. The average molecular weight is 505 g/mol. The Morgan fingerprint density at radius 2 is 1.51 bits per heavy atom. The van der Waals surface area contributed by atoms with Crippen molar-refractivity contribution in [3.05, 3.63) is 89.5 Å². The molecule has 0 bridgehead atoms. The maximum absolute atomic E-state index is 13.1. The van der Waals surface area contributed by atoms with Gasteiger partial charge in [-0.25, -0.2) is 4.99 Å². The number of hydrogen-bond donors (Lipinski definition) is 3. The molecule has 3 rings (SSSR count). The number of hydrogen-bond acceptors (Lipinski definition) is 6. The molecule has 0 heterocycles. The fourth-order valence-corrected chi connectivity index (χ4v) is 3.65. The quantitative estimate of drug-likeness (QED) is 0.272. The molecule has 1 atom stereocenters. The lowest BCUT2D eigenvalue weighted by Gasteiger charge is -2.15. The minimum absolute atomic E-state index is 0.106. The molecule has 3 aromatic rings. The first-order valence-electron chi connectivity index (χ1n) is 11.7. The first kappa shape index (κ1) is 27.1. The molecule has 4 N–H and O–H groups in total. The highest BCUT2D eigenvalue weighted by Crippen LogP contribution is 2.27. The maximum Gasteiger partial charge on any atom is 0.245 e. The summed E-state index contributed by atoms with van der Waals surface area (Å²) < 4.78 is 15.7. The van der Waals surface area contributed by atoms with Crippen LogP contribution in [-0.2, 0) is 29.0 Å². The van der Waals surface area contributed by atoms with Crippen LogP contribution in [0.15, 0.2) is 77.8 Å². The van der Waals surface area contributed by atoms with Crippen LogP contribution in [0.4, 0.5) is 0 Å². The second kappa shape index (κ2) is 13.5. The number of carbonyl (C=O) groups is 2. The van der Waals surface area contributed by atoms with Crippen LogP contribution in [0, 0.1) is 0 Å². The second-order valence-electron chi connectivity index (χ2n) is 8.20. The normalized spacial score (nSPS) is 11.8. The first-order chi connectivity index (χ1) is 17.9. The molecule has 9 heteroatoms. The Bertz CT molecular complexity index is 1210. The van der Waals surface area contributed by atoms with E-state index in [1.807, 2.05) is 36.4 Å². The molecule has 3 aromatic carbocycles. The zero-order valence-electron chi connectivity index (χ0n) is 21.2. The van der Waals surface area contributed by atoms with Gasteiger partial charge in [0.05, 0.1) is 27.8 Å².